The van der Waals surface area contributed by atoms with Gasteiger partial charge in [0.15, 0.2) is 0 Å². The summed E-state index contributed by atoms with van der Waals surface area (Å²) in [5.41, 5.74) is 0.450. The number of methoxy groups -OCH3 is 1. The summed E-state index contributed by atoms with van der Waals surface area (Å²) in [5.74, 6) is -0.261. The van der Waals surface area contributed by atoms with Crippen molar-refractivity contribution in [1.29, 1.82) is 0 Å². The van der Waals surface area contributed by atoms with Crippen molar-refractivity contribution in [2.45, 2.75) is 44.8 Å². The van der Waals surface area contributed by atoms with Gasteiger partial charge in [-0.3, -0.25) is 19.3 Å². The monoisotopic (exact) mass is 359 g/mol. The van der Waals surface area contributed by atoms with Crippen molar-refractivity contribution < 1.29 is 19.1 Å². The van der Waals surface area contributed by atoms with Gasteiger partial charge in [0, 0.05) is 32.5 Å². The lowest BCUT2D eigenvalue weighted by Gasteiger charge is -2.48. The van der Waals surface area contributed by atoms with Crippen molar-refractivity contribution in [3.63, 3.8) is 0 Å². The number of rotatable bonds is 6. The van der Waals surface area contributed by atoms with E-state index >= 15 is 0 Å². The number of carbonyl (C=O) groups is 3. The number of hydrogen-bond donors (Lipinski definition) is 1. The highest BCUT2D eigenvalue weighted by molar-refractivity contribution is 6.10. The van der Waals surface area contributed by atoms with Gasteiger partial charge in [-0.05, 0) is 32.4 Å². The molecule has 2 atom stereocenters. The van der Waals surface area contributed by atoms with Gasteiger partial charge in [0.05, 0.1) is 17.9 Å². The molecule has 2 aliphatic heterocycles. The number of hydrogen-bond acceptors (Lipinski definition) is 4. The zero-order valence-electron chi connectivity index (χ0n) is 15.4. The summed E-state index contributed by atoms with van der Waals surface area (Å²) in [6.45, 7) is 4.46. The van der Waals surface area contributed by atoms with Crippen LogP contribution in [-0.2, 0) is 14.3 Å². The summed E-state index contributed by atoms with van der Waals surface area (Å²) in [6.07, 6.45) is 1.14. The van der Waals surface area contributed by atoms with E-state index in [1.54, 1.807) is 29.0 Å². The van der Waals surface area contributed by atoms with Crippen molar-refractivity contribution in [3.8, 4) is 0 Å². The summed E-state index contributed by atoms with van der Waals surface area (Å²) < 4.78 is 5.02. The number of anilines is 1. The largest absolute Gasteiger partial charge is 0.383 e. The van der Waals surface area contributed by atoms with Crippen LogP contribution in [0.1, 0.15) is 43.5 Å². The molecule has 7 heteroatoms. The minimum Gasteiger partial charge on any atom is -0.383 e. The first-order valence-corrected chi connectivity index (χ1v) is 8.91. The Hall–Kier alpha value is -2.41. The van der Waals surface area contributed by atoms with E-state index in [-0.39, 0.29) is 36.7 Å². The highest BCUT2D eigenvalue weighted by Gasteiger charge is 2.52. The first-order chi connectivity index (χ1) is 12.4. The van der Waals surface area contributed by atoms with Crippen molar-refractivity contribution in [1.82, 2.24) is 10.2 Å². The molecular formula is C19H25N3O4. The van der Waals surface area contributed by atoms with Crippen LogP contribution in [0.3, 0.4) is 0 Å². The van der Waals surface area contributed by atoms with Gasteiger partial charge in [0.25, 0.3) is 5.91 Å². The van der Waals surface area contributed by atoms with Crippen LogP contribution in [0.5, 0.6) is 0 Å². The normalized spacial score (nSPS) is 22.9. The number of carbonyl (C=O) groups excluding carboxylic acids is 3. The van der Waals surface area contributed by atoms with Crippen LogP contribution in [0.25, 0.3) is 0 Å². The predicted molar refractivity (Wildman–Crippen MR) is 96.7 cm³/mol. The standard InChI is InChI=1S/C19H25N3O4/c1-13(12-26-3)20-16(23)9-11-21-18(25)14-6-4-5-7-15(14)22-17(24)8-10-19(21,22)2/h4-7,13H,8-12H2,1-3H3,(H,20,23). The van der Waals surface area contributed by atoms with E-state index < -0.39 is 5.66 Å². The summed E-state index contributed by atoms with van der Waals surface area (Å²) in [7, 11) is 1.58. The Balaban J connectivity index is 1.80. The SMILES string of the molecule is COCC(C)NC(=O)CCN1C(=O)c2ccccc2N2C(=O)CCC12C. The topological polar surface area (TPSA) is 79.0 Å². The van der Waals surface area contributed by atoms with Crippen LogP contribution in [-0.4, -0.2) is 54.6 Å². The summed E-state index contributed by atoms with van der Waals surface area (Å²) >= 11 is 0. The molecule has 0 aliphatic carbocycles. The van der Waals surface area contributed by atoms with Crippen molar-refractivity contribution in [2.24, 2.45) is 0 Å². The number of fused-ring (bicyclic) bond motifs is 3. The fraction of sp³-hybridized carbons (Fsp3) is 0.526. The number of para-hydroxylation sites is 1. The molecule has 0 radical (unpaired) electrons. The molecule has 1 aromatic carbocycles. The lowest BCUT2D eigenvalue weighted by atomic mass is 9.98. The quantitative estimate of drug-likeness (QED) is 0.835. The molecule has 0 aromatic heterocycles. The summed E-state index contributed by atoms with van der Waals surface area (Å²) in [5, 5.41) is 2.85. The van der Waals surface area contributed by atoms with Crippen LogP contribution in [0.4, 0.5) is 5.69 Å². The minimum atomic E-state index is -0.721. The van der Waals surface area contributed by atoms with Gasteiger partial charge >= 0.3 is 0 Å². The van der Waals surface area contributed by atoms with E-state index in [2.05, 4.69) is 5.32 Å². The third kappa shape index (κ3) is 3.07. The number of amides is 3. The molecule has 0 saturated carbocycles. The van der Waals surface area contributed by atoms with Gasteiger partial charge in [0.1, 0.15) is 5.66 Å². The smallest absolute Gasteiger partial charge is 0.257 e. The van der Waals surface area contributed by atoms with Gasteiger partial charge in [-0.15, -0.1) is 0 Å². The van der Waals surface area contributed by atoms with Crippen molar-refractivity contribution in [3.05, 3.63) is 29.8 Å². The molecule has 2 aliphatic rings. The maximum absolute atomic E-state index is 13.0. The molecule has 26 heavy (non-hydrogen) atoms. The second kappa shape index (κ2) is 7.07. The maximum atomic E-state index is 13.0. The summed E-state index contributed by atoms with van der Waals surface area (Å²) in [6, 6.07) is 7.07. The zero-order valence-corrected chi connectivity index (χ0v) is 15.4. The number of benzene rings is 1. The lowest BCUT2D eigenvalue weighted by molar-refractivity contribution is -0.122. The van der Waals surface area contributed by atoms with Crippen molar-refractivity contribution in [2.75, 3.05) is 25.2 Å². The predicted octanol–water partition coefficient (Wildman–Crippen LogP) is 1.53. The third-order valence-corrected chi connectivity index (χ3v) is 5.13. The van der Waals surface area contributed by atoms with Gasteiger partial charge < -0.3 is 15.0 Å². The second-order valence-electron chi connectivity index (χ2n) is 7.09. The summed E-state index contributed by atoms with van der Waals surface area (Å²) in [4.78, 5) is 41.1. The van der Waals surface area contributed by atoms with Gasteiger partial charge in [0.2, 0.25) is 11.8 Å². The van der Waals surface area contributed by atoms with E-state index in [0.717, 1.165) is 0 Å². The molecule has 1 fully saturated rings. The van der Waals surface area contributed by atoms with E-state index in [9.17, 15) is 14.4 Å². The van der Waals surface area contributed by atoms with Crippen LogP contribution in [0.2, 0.25) is 0 Å². The zero-order chi connectivity index (χ0) is 18.9. The number of nitrogens with one attached hydrogen (secondary N) is 1. The molecule has 2 unspecified atom stereocenters. The molecule has 2 heterocycles. The van der Waals surface area contributed by atoms with Crippen LogP contribution in [0.15, 0.2) is 24.3 Å². The molecule has 1 saturated heterocycles. The van der Waals surface area contributed by atoms with Crippen LogP contribution >= 0.6 is 0 Å². The first-order valence-electron chi connectivity index (χ1n) is 8.91. The lowest BCUT2D eigenvalue weighted by Crippen LogP contribution is -2.62. The van der Waals surface area contributed by atoms with E-state index in [1.807, 2.05) is 26.0 Å². The molecule has 140 valence electrons. The Kier molecular flexibility index (Phi) is 5.00. The van der Waals surface area contributed by atoms with E-state index in [1.165, 1.54) is 0 Å². The molecule has 0 spiro atoms. The second-order valence-corrected chi connectivity index (χ2v) is 7.09. The average Bonchev–Trinajstić information content (AvgIpc) is 2.90. The minimum absolute atomic E-state index is 0.00983. The molecule has 3 rings (SSSR count). The fourth-order valence-corrected chi connectivity index (χ4v) is 3.89. The average molecular weight is 359 g/mol. The third-order valence-electron chi connectivity index (χ3n) is 5.13. The number of nitrogens with zero attached hydrogens (tertiary/aromatic N) is 2. The Labute approximate surface area is 153 Å². The highest BCUT2D eigenvalue weighted by Crippen LogP contribution is 2.43. The number of ether oxygens (including phenoxy) is 1. The van der Waals surface area contributed by atoms with Crippen LogP contribution < -0.4 is 10.2 Å². The first kappa shape index (κ1) is 18.4. The fourth-order valence-electron chi connectivity index (χ4n) is 3.89. The van der Waals surface area contributed by atoms with Gasteiger partial charge in [-0.1, -0.05) is 12.1 Å². The molecular weight excluding hydrogens is 334 g/mol. The Bertz CT molecular complexity index is 735. The Morgan fingerprint density at radius 1 is 1.35 bits per heavy atom. The molecule has 1 aromatic rings. The molecule has 3 amide bonds. The molecule has 1 N–H and O–H groups in total. The van der Waals surface area contributed by atoms with Crippen LogP contribution in [0, 0.1) is 0 Å². The maximum Gasteiger partial charge on any atom is 0.257 e. The molecule has 0 bridgehead atoms. The molecule has 7 nitrogen and oxygen atoms in total. The highest BCUT2D eigenvalue weighted by atomic mass is 16.5. The van der Waals surface area contributed by atoms with Gasteiger partial charge in [-0.25, -0.2) is 0 Å². The van der Waals surface area contributed by atoms with E-state index in [0.29, 0.717) is 30.7 Å². The van der Waals surface area contributed by atoms with E-state index in [4.69, 9.17) is 4.74 Å². The Morgan fingerprint density at radius 3 is 2.81 bits per heavy atom. The Morgan fingerprint density at radius 2 is 2.08 bits per heavy atom. The van der Waals surface area contributed by atoms with Gasteiger partial charge in [-0.2, -0.15) is 0 Å². The van der Waals surface area contributed by atoms with Crippen molar-refractivity contribution >= 4 is 23.4 Å².